The fourth-order valence-electron chi connectivity index (χ4n) is 6.30. The van der Waals surface area contributed by atoms with Gasteiger partial charge in [0.25, 0.3) is 0 Å². The molecule has 6 rings (SSSR count). The second-order valence-electron chi connectivity index (χ2n) is 10.6. The van der Waals surface area contributed by atoms with Gasteiger partial charge < -0.3 is 24.8 Å². The van der Waals surface area contributed by atoms with Gasteiger partial charge in [-0.25, -0.2) is 0 Å². The molecule has 0 spiro atoms. The third-order valence-electron chi connectivity index (χ3n) is 8.02. The van der Waals surface area contributed by atoms with E-state index in [-0.39, 0.29) is 46.0 Å². The number of benzene rings is 4. The molecule has 0 heterocycles. The van der Waals surface area contributed by atoms with Gasteiger partial charge in [0, 0.05) is 0 Å². The Labute approximate surface area is 267 Å². The first kappa shape index (κ1) is 32.0. The van der Waals surface area contributed by atoms with Gasteiger partial charge in [-0.05, 0) is 0 Å². The third-order valence-corrected chi connectivity index (χ3v) is 16.7. The second kappa shape index (κ2) is 13.1. The molecule has 0 N–H and O–H groups in total. The third kappa shape index (κ3) is 5.80. The Balaban J connectivity index is 0.00000202. The molecule has 2 aliphatic carbocycles. The number of allylic oxidation sites excluding steroid dienone is 4. The van der Waals surface area contributed by atoms with E-state index in [4.69, 9.17) is 0 Å². The summed E-state index contributed by atoms with van der Waals surface area (Å²) in [6.07, 6.45) is 8.45. The first-order valence-electron chi connectivity index (χ1n) is 13.6. The number of hydrogen-bond acceptors (Lipinski definition) is 0. The summed E-state index contributed by atoms with van der Waals surface area (Å²) in [6.45, 7) is 12.4. The maximum Gasteiger partial charge on any atom is -1.00 e. The second-order valence-corrected chi connectivity index (χ2v) is 16.7. The molecule has 0 saturated carbocycles. The average molecular weight is 675 g/mol. The Hall–Kier alpha value is -2.97. The normalized spacial score (nSPS) is 14.7. The molecule has 210 valence electrons. The van der Waals surface area contributed by atoms with E-state index in [2.05, 4.69) is 75.6 Å². The Kier molecular flexibility index (Phi) is 9.99. The molecule has 0 bridgehead atoms. The van der Waals surface area contributed by atoms with Gasteiger partial charge in [0.15, 0.2) is 0 Å². The van der Waals surface area contributed by atoms with Crippen molar-refractivity contribution in [1.82, 2.24) is 0 Å². The average Bonchev–Trinajstić information content (AvgIpc) is 3.46. The molecule has 42 heavy (non-hydrogen) atoms. The fourth-order valence-corrected chi connectivity index (χ4v) is 16.0. The number of halogens is 4. The van der Waals surface area contributed by atoms with Gasteiger partial charge in [0.1, 0.15) is 0 Å². The molecular formula is C37H30Cl2F2Zr. The Morgan fingerprint density at radius 1 is 0.738 bits per heavy atom. The van der Waals surface area contributed by atoms with Crippen molar-refractivity contribution >= 4 is 15.4 Å². The minimum atomic E-state index is -3.08. The summed E-state index contributed by atoms with van der Waals surface area (Å²) in [7, 11) is 0. The molecule has 4 aromatic carbocycles. The summed E-state index contributed by atoms with van der Waals surface area (Å²) in [4.78, 5) is 0. The Morgan fingerprint density at radius 2 is 1.24 bits per heavy atom. The molecule has 0 amide bonds. The summed E-state index contributed by atoms with van der Waals surface area (Å²) in [5.41, 5.74) is 10.1. The summed E-state index contributed by atoms with van der Waals surface area (Å²) in [5, 5.41) is 0. The van der Waals surface area contributed by atoms with Crippen LogP contribution >= 0.6 is 0 Å². The predicted molar refractivity (Wildman–Crippen MR) is 161 cm³/mol. The van der Waals surface area contributed by atoms with Crippen molar-refractivity contribution in [1.29, 1.82) is 0 Å². The van der Waals surface area contributed by atoms with Gasteiger partial charge >= 0.3 is 244 Å². The first-order valence-corrected chi connectivity index (χ1v) is 17.4. The van der Waals surface area contributed by atoms with Gasteiger partial charge in [0.2, 0.25) is 0 Å². The van der Waals surface area contributed by atoms with Gasteiger partial charge in [-0.15, -0.1) is 0 Å². The van der Waals surface area contributed by atoms with Crippen LogP contribution in [0.4, 0.5) is 8.78 Å². The molecule has 0 aliphatic heterocycles. The molecule has 1 unspecified atom stereocenters. The fraction of sp³-hybridized carbons (Fsp3) is 0.108. The molecule has 4 aromatic rings. The van der Waals surface area contributed by atoms with E-state index in [9.17, 15) is 8.78 Å². The molecule has 5 heteroatoms. The standard InChI is InChI=1S/C17H13.C13H8F2.C7H9.2ClH.Zr/c1-3-12-5-7-14-11-15-8-6-13(4-2)10-17(15)16(14)9-12;14-12-5-1-3-10(8-12)7-11-4-2-6-13(15)9-11;1-6-3-4-7(2)5-6;;;/h3-11H,1-2H2;1-6,8-9H;3,5,7H,1-2H3;2*1H;/q;;;;;+2/p-2. The molecule has 0 saturated heterocycles. The van der Waals surface area contributed by atoms with E-state index in [1.165, 1.54) is 43.2 Å². The molecule has 0 fully saturated rings. The van der Waals surface area contributed by atoms with Crippen LogP contribution in [0.1, 0.15) is 50.9 Å². The van der Waals surface area contributed by atoms with Gasteiger partial charge in [-0.1, -0.05) is 0 Å². The van der Waals surface area contributed by atoms with Crippen molar-refractivity contribution in [3.05, 3.63) is 164 Å². The van der Waals surface area contributed by atoms with Crippen molar-refractivity contribution in [2.45, 2.75) is 17.5 Å². The monoisotopic (exact) mass is 672 g/mol. The minimum Gasteiger partial charge on any atom is -1.00 e. The molecular weight excluding hydrogens is 645 g/mol. The molecule has 0 aromatic heterocycles. The molecule has 2 aliphatic rings. The van der Waals surface area contributed by atoms with E-state index in [1.807, 2.05) is 24.3 Å². The van der Waals surface area contributed by atoms with Crippen LogP contribution < -0.4 is 24.8 Å². The van der Waals surface area contributed by atoms with E-state index in [1.54, 1.807) is 24.3 Å². The zero-order chi connectivity index (χ0) is 28.0. The molecule has 0 radical (unpaired) electrons. The summed E-state index contributed by atoms with van der Waals surface area (Å²) < 4.78 is 32.3. The summed E-state index contributed by atoms with van der Waals surface area (Å²) in [5.74, 6) is -0.301. The molecule has 1 atom stereocenters. The van der Waals surface area contributed by atoms with E-state index in [0.717, 1.165) is 25.5 Å². The van der Waals surface area contributed by atoms with Crippen LogP contribution in [0.25, 0.3) is 23.3 Å². The number of hydrogen-bond donors (Lipinski definition) is 0. The minimum absolute atomic E-state index is 0. The zero-order valence-corrected chi connectivity index (χ0v) is 27.4. The Bertz CT molecular complexity index is 1690. The zero-order valence-electron chi connectivity index (χ0n) is 23.5. The first-order chi connectivity index (χ1) is 19.4. The smallest absolute Gasteiger partial charge is 1.00 e. The van der Waals surface area contributed by atoms with E-state index >= 15 is 0 Å². The summed E-state index contributed by atoms with van der Waals surface area (Å²) in [6, 6.07) is 27.0. The predicted octanol–water partition coefficient (Wildman–Crippen LogP) is 3.70. The van der Waals surface area contributed by atoms with Crippen LogP contribution in [0.5, 0.6) is 0 Å². The topological polar surface area (TPSA) is 0 Å². The van der Waals surface area contributed by atoms with Gasteiger partial charge in [-0.2, -0.15) is 0 Å². The van der Waals surface area contributed by atoms with Crippen LogP contribution in [0.15, 0.2) is 119 Å². The largest absolute Gasteiger partial charge is 1.00 e. The van der Waals surface area contributed by atoms with Gasteiger partial charge in [-0.3, -0.25) is 0 Å². The summed E-state index contributed by atoms with van der Waals surface area (Å²) >= 11 is -3.08. The van der Waals surface area contributed by atoms with Crippen LogP contribution in [-0.2, 0) is 21.3 Å². The SMILES string of the molecule is C=Cc1ccc2c(c1)-c1cc(C=C)ccc1[CH]2[Zr+2]([C]1=CC(C)=CC1C)=[C](c1cccc(F)c1)c1cccc(F)c1.[Cl-].[Cl-]. The maximum atomic E-state index is 14.8. The van der Waals surface area contributed by atoms with Crippen LogP contribution in [0.3, 0.4) is 0 Å². The maximum absolute atomic E-state index is 14.8. The number of rotatable bonds is 6. The van der Waals surface area contributed by atoms with Crippen molar-refractivity contribution in [2.75, 3.05) is 0 Å². The van der Waals surface area contributed by atoms with Crippen molar-refractivity contribution in [3.8, 4) is 11.1 Å². The van der Waals surface area contributed by atoms with Crippen molar-refractivity contribution in [3.63, 3.8) is 0 Å². The van der Waals surface area contributed by atoms with E-state index in [0.29, 0.717) is 0 Å². The molecule has 0 nitrogen and oxygen atoms in total. The van der Waals surface area contributed by atoms with E-state index < -0.39 is 21.3 Å². The van der Waals surface area contributed by atoms with Crippen molar-refractivity contribution < 1.29 is 54.9 Å². The van der Waals surface area contributed by atoms with Crippen LogP contribution in [0.2, 0.25) is 0 Å². The Morgan fingerprint density at radius 3 is 1.64 bits per heavy atom. The van der Waals surface area contributed by atoms with Crippen LogP contribution in [0, 0.1) is 17.6 Å². The quantitative estimate of drug-likeness (QED) is 0.293. The van der Waals surface area contributed by atoms with Crippen LogP contribution in [-0.4, -0.2) is 3.21 Å². The van der Waals surface area contributed by atoms with Crippen molar-refractivity contribution in [2.24, 2.45) is 5.92 Å². The number of fused-ring (bicyclic) bond motifs is 3. The van der Waals surface area contributed by atoms with Gasteiger partial charge in [0.05, 0.1) is 0 Å².